The molecule has 1 saturated heterocycles. The first-order valence-electron chi connectivity index (χ1n) is 6.53. The van der Waals surface area contributed by atoms with Gasteiger partial charge in [0.2, 0.25) is 5.91 Å². The van der Waals surface area contributed by atoms with Crippen LogP contribution in [-0.4, -0.2) is 43.0 Å². The van der Waals surface area contributed by atoms with Crippen LogP contribution in [0.4, 0.5) is 10.1 Å². The van der Waals surface area contributed by atoms with Gasteiger partial charge in [0.15, 0.2) is 0 Å². The zero-order valence-electron chi connectivity index (χ0n) is 11.3. The van der Waals surface area contributed by atoms with E-state index in [0.29, 0.717) is 19.5 Å². The number of amides is 1. The monoisotopic (exact) mass is 265 g/mol. The van der Waals surface area contributed by atoms with Crippen LogP contribution >= 0.6 is 0 Å². The summed E-state index contributed by atoms with van der Waals surface area (Å²) in [6.45, 7) is 3.18. The molecule has 0 saturated carbocycles. The summed E-state index contributed by atoms with van der Waals surface area (Å²) in [6, 6.07) is 6.20. The molecule has 1 fully saturated rings. The Balaban J connectivity index is 2.33. The molecule has 104 valence electrons. The van der Waals surface area contributed by atoms with Crippen molar-refractivity contribution in [1.29, 1.82) is 0 Å². The number of carbonyl (C=O) groups is 1. The van der Waals surface area contributed by atoms with Gasteiger partial charge in [-0.3, -0.25) is 4.79 Å². The summed E-state index contributed by atoms with van der Waals surface area (Å²) in [5, 5.41) is 0. The van der Waals surface area contributed by atoms with Crippen LogP contribution in [0.3, 0.4) is 0 Å². The fraction of sp³-hybridized carbons (Fsp3) is 0.500. The highest BCUT2D eigenvalue weighted by Gasteiger charge is 2.36. The highest BCUT2D eigenvalue weighted by Crippen LogP contribution is 2.26. The molecule has 1 aromatic carbocycles. The summed E-state index contributed by atoms with van der Waals surface area (Å²) in [5.74, 6) is -0.194. The van der Waals surface area contributed by atoms with Crippen molar-refractivity contribution in [3.8, 4) is 0 Å². The molecule has 0 bridgehead atoms. The molecule has 1 heterocycles. The average Bonchev–Trinajstić information content (AvgIpc) is 2.38. The number of likely N-dealkylation sites (N-methyl/N-ethyl adjacent to an activating group) is 1. The molecule has 2 unspecified atom stereocenters. The SMILES string of the molecule is CC1CN(C)C(=O)C(CCN)N1c1ccc(F)cc1. The molecular weight excluding hydrogens is 245 g/mol. The van der Waals surface area contributed by atoms with Gasteiger partial charge in [0.05, 0.1) is 0 Å². The number of hydrogen-bond acceptors (Lipinski definition) is 3. The van der Waals surface area contributed by atoms with Gasteiger partial charge >= 0.3 is 0 Å². The Morgan fingerprint density at radius 3 is 2.58 bits per heavy atom. The first-order valence-corrected chi connectivity index (χ1v) is 6.53. The molecule has 2 atom stereocenters. The first kappa shape index (κ1) is 13.8. The zero-order valence-corrected chi connectivity index (χ0v) is 11.3. The van der Waals surface area contributed by atoms with E-state index < -0.39 is 0 Å². The summed E-state index contributed by atoms with van der Waals surface area (Å²) in [4.78, 5) is 16.1. The molecule has 2 N–H and O–H groups in total. The van der Waals surface area contributed by atoms with Crippen LogP contribution in [0.25, 0.3) is 0 Å². The smallest absolute Gasteiger partial charge is 0.245 e. The number of rotatable bonds is 3. The van der Waals surface area contributed by atoms with Gasteiger partial charge in [0.25, 0.3) is 0 Å². The van der Waals surface area contributed by atoms with Crippen LogP contribution in [0.2, 0.25) is 0 Å². The van der Waals surface area contributed by atoms with Gasteiger partial charge in [-0.25, -0.2) is 4.39 Å². The molecule has 0 radical (unpaired) electrons. The normalized spacial score (nSPS) is 23.9. The van der Waals surface area contributed by atoms with E-state index in [4.69, 9.17) is 5.73 Å². The fourth-order valence-corrected chi connectivity index (χ4v) is 2.72. The standard InChI is InChI=1S/C14H20FN3O/c1-10-9-17(2)14(19)13(7-8-16)18(10)12-5-3-11(15)4-6-12/h3-6,10,13H,7-9,16H2,1-2H3. The van der Waals surface area contributed by atoms with Crippen molar-refractivity contribution in [3.63, 3.8) is 0 Å². The van der Waals surface area contributed by atoms with Crippen LogP contribution in [0, 0.1) is 5.82 Å². The van der Waals surface area contributed by atoms with E-state index in [1.165, 1.54) is 12.1 Å². The fourth-order valence-electron chi connectivity index (χ4n) is 2.72. The molecule has 4 nitrogen and oxygen atoms in total. The average molecular weight is 265 g/mol. The molecule has 2 rings (SSSR count). The van der Waals surface area contributed by atoms with E-state index >= 15 is 0 Å². The van der Waals surface area contributed by atoms with Crippen molar-refractivity contribution in [3.05, 3.63) is 30.1 Å². The van der Waals surface area contributed by atoms with Gasteiger partial charge in [-0.1, -0.05) is 0 Å². The van der Waals surface area contributed by atoms with E-state index in [1.54, 1.807) is 17.0 Å². The number of carbonyl (C=O) groups excluding carboxylic acids is 1. The van der Waals surface area contributed by atoms with Crippen molar-refractivity contribution in [2.45, 2.75) is 25.4 Å². The van der Waals surface area contributed by atoms with Crippen LogP contribution in [0.15, 0.2) is 24.3 Å². The second-order valence-electron chi connectivity index (χ2n) is 5.04. The Hall–Kier alpha value is -1.62. The van der Waals surface area contributed by atoms with Gasteiger partial charge < -0.3 is 15.5 Å². The Labute approximate surface area is 113 Å². The Kier molecular flexibility index (Phi) is 4.04. The largest absolute Gasteiger partial charge is 0.355 e. The number of benzene rings is 1. The third kappa shape index (κ3) is 2.71. The Morgan fingerprint density at radius 2 is 2.00 bits per heavy atom. The van der Waals surface area contributed by atoms with E-state index in [1.807, 2.05) is 7.05 Å². The molecule has 1 amide bonds. The lowest BCUT2D eigenvalue weighted by Crippen LogP contribution is -2.60. The predicted octanol–water partition coefficient (Wildman–Crippen LogP) is 1.21. The molecule has 1 aromatic rings. The predicted molar refractivity (Wildman–Crippen MR) is 73.4 cm³/mol. The van der Waals surface area contributed by atoms with Crippen molar-refractivity contribution in [2.75, 3.05) is 25.0 Å². The van der Waals surface area contributed by atoms with Crippen molar-refractivity contribution in [2.24, 2.45) is 5.73 Å². The topological polar surface area (TPSA) is 49.6 Å². The number of hydrogen-bond donors (Lipinski definition) is 1. The Bertz CT molecular complexity index is 449. The first-order chi connectivity index (χ1) is 9.04. The molecule has 1 aliphatic rings. The second-order valence-corrected chi connectivity index (χ2v) is 5.04. The maximum Gasteiger partial charge on any atom is 0.245 e. The van der Waals surface area contributed by atoms with Gasteiger partial charge in [-0.15, -0.1) is 0 Å². The van der Waals surface area contributed by atoms with Crippen molar-refractivity contribution >= 4 is 11.6 Å². The van der Waals surface area contributed by atoms with E-state index in [2.05, 4.69) is 11.8 Å². The van der Waals surface area contributed by atoms with Crippen molar-refractivity contribution in [1.82, 2.24) is 4.90 Å². The van der Waals surface area contributed by atoms with Gasteiger partial charge in [0, 0.05) is 25.3 Å². The molecule has 19 heavy (non-hydrogen) atoms. The van der Waals surface area contributed by atoms with E-state index in [-0.39, 0.29) is 23.8 Å². The molecule has 0 spiro atoms. The second kappa shape index (κ2) is 5.57. The maximum absolute atomic E-state index is 13.0. The highest BCUT2D eigenvalue weighted by molar-refractivity contribution is 5.86. The lowest BCUT2D eigenvalue weighted by molar-refractivity contribution is -0.133. The number of piperazine rings is 1. The number of nitrogens with zero attached hydrogens (tertiary/aromatic N) is 2. The molecule has 0 aliphatic carbocycles. The summed E-state index contributed by atoms with van der Waals surface area (Å²) in [6.07, 6.45) is 0.602. The number of anilines is 1. The summed E-state index contributed by atoms with van der Waals surface area (Å²) in [7, 11) is 1.81. The minimum Gasteiger partial charge on any atom is -0.355 e. The lowest BCUT2D eigenvalue weighted by Gasteiger charge is -2.45. The van der Waals surface area contributed by atoms with Gasteiger partial charge in [-0.05, 0) is 44.2 Å². The van der Waals surface area contributed by atoms with Crippen molar-refractivity contribution < 1.29 is 9.18 Å². The van der Waals surface area contributed by atoms with Crippen LogP contribution in [-0.2, 0) is 4.79 Å². The quantitative estimate of drug-likeness (QED) is 0.893. The summed E-state index contributed by atoms with van der Waals surface area (Å²) in [5.41, 5.74) is 6.49. The molecule has 5 heteroatoms. The van der Waals surface area contributed by atoms with E-state index in [9.17, 15) is 9.18 Å². The summed E-state index contributed by atoms with van der Waals surface area (Å²) < 4.78 is 13.0. The molecular formula is C14H20FN3O. The van der Waals surface area contributed by atoms with Gasteiger partial charge in [-0.2, -0.15) is 0 Å². The molecule has 0 aromatic heterocycles. The number of nitrogens with two attached hydrogens (primary N) is 1. The maximum atomic E-state index is 13.0. The van der Waals surface area contributed by atoms with Crippen LogP contribution < -0.4 is 10.6 Å². The minimum absolute atomic E-state index is 0.0767. The minimum atomic E-state index is -0.271. The third-order valence-corrected chi connectivity index (χ3v) is 3.57. The molecule has 1 aliphatic heterocycles. The zero-order chi connectivity index (χ0) is 14.0. The number of halogens is 1. The van der Waals surface area contributed by atoms with Crippen LogP contribution in [0.1, 0.15) is 13.3 Å². The van der Waals surface area contributed by atoms with E-state index in [0.717, 1.165) is 5.69 Å². The highest BCUT2D eigenvalue weighted by atomic mass is 19.1. The van der Waals surface area contributed by atoms with Crippen LogP contribution in [0.5, 0.6) is 0 Å². The third-order valence-electron chi connectivity index (χ3n) is 3.57. The lowest BCUT2D eigenvalue weighted by atomic mass is 10.0. The summed E-state index contributed by atoms with van der Waals surface area (Å²) >= 11 is 0. The Morgan fingerprint density at radius 1 is 1.37 bits per heavy atom. The van der Waals surface area contributed by atoms with Gasteiger partial charge in [0.1, 0.15) is 11.9 Å².